The maximum Gasteiger partial charge on any atom is 0.127 e. The van der Waals surface area contributed by atoms with Crippen molar-refractivity contribution in [3.8, 4) is 5.69 Å². The van der Waals surface area contributed by atoms with Gasteiger partial charge < -0.3 is 5.73 Å². The second-order valence-corrected chi connectivity index (χ2v) is 4.40. The summed E-state index contributed by atoms with van der Waals surface area (Å²) in [5.41, 5.74) is 9.21. The van der Waals surface area contributed by atoms with Gasteiger partial charge in [0.25, 0.3) is 0 Å². The lowest BCUT2D eigenvalue weighted by molar-refractivity contribution is 0.771. The van der Waals surface area contributed by atoms with Crippen LogP contribution in [0, 0.1) is 6.92 Å². The fourth-order valence-electron chi connectivity index (χ4n) is 1.66. The molecule has 0 radical (unpaired) electrons. The maximum absolute atomic E-state index is 5.96. The fourth-order valence-corrected chi connectivity index (χ4v) is 1.66. The molecule has 0 saturated heterocycles. The van der Waals surface area contributed by atoms with Gasteiger partial charge in [0.15, 0.2) is 0 Å². The van der Waals surface area contributed by atoms with Crippen molar-refractivity contribution >= 4 is 18.2 Å². The van der Waals surface area contributed by atoms with Crippen LogP contribution >= 0.6 is 12.4 Å². The third-order valence-corrected chi connectivity index (χ3v) is 2.59. The van der Waals surface area contributed by atoms with E-state index in [2.05, 4.69) is 38.0 Å². The summed E-state index contributed by atoms with van der Waals surface area (Å²) >= 11 is 0. The summed E-state index contributed by atoms with van der Waals surface area (Å²) in [6.07, 6.45) is 0. The number of aromatic nitrogens is 2. The molecule has 0 aliphatic heterocycles. The number of nitrogens with zero attached hydrogens (tertiary/aromatic N) is 2. The predicted octanol–water partition coefficient (Wildman–Crippen LogP) is 3.31. The number of halogens is 1. The second-order valence-electron chi connectivity index (χ2n) is 4.40. The molecule has 1 aromatic heterocycles. The maximum atomic E-state index is 5.96. The highest BCUT2D eigenvalue weighted by molar-refractivity contribution is 5.85. The van der Waals surface area contributed by atoms with Gasteiger partial charge in [-0.25, -0.2) is 4.68 Å². The van der Waals surface area contributed by atoms with Gasteiger partial charge in [-0.15, -0.1) is 12.4 Å². The molecule has 0 aliphatic carbocycles. The quantitative estimate of drug-likeness (QED) is 0.890. The van der Waals surface area contributed by atoms with Crippen molar-refractivity contribution in [2.24, 2.45) is 0 Å². The Balaban J connectivity index is 0.00000144. The Labute approximate surface area is 108 Å². The fraction of sp³-hybridized carbons (Fsp3) is 0.308. The zero-order valence-electron chi connectivity index (χ0n) is 10.3. The van der Waals surface area contributed by atoms with E-state index in [9.17, 15) is 0 Å². The molecule has 2 rings (SSSR count). The Kier molecular flexibility index (Phi) is 4.18. The number of nitrogen functional groups attached to an aromatic ring is 1. The number of nitrogens with two attached hydrogens (primary N) is 1. The van der Waals surface area contributed by atoms with Crippen LogP contribution < -0.4 is 5.73 Å². The minimum atomic E-state index is 0. The number of rotatable bonds is 2. The molecule has 0 amide bonds. The van der Waals surface area contributed by atoms with Gasteiger partial charge in [0.2, 0.25) is 0 Å². The first kappa shape index (κ1) is 13.6. The van der Waals surface area contributed by atoms with Gasteiger partial charge in [-0.2, -0.15) is 5.10 Å². The molecule has 3 nitrogen and oxygen atoms in total. The van der Waals surface area contributed by atoms with Crippen LogP contribution in [0.5, 0.6) is 0 Å². The van der Waals surface area contributed by atoms with Crippen LogP contribution in [-0.4, -0.2) is 9.78 Å². The molecule has 0 saturated carbocycles. The molecule has 1 heterocycles. The lowest BCUT2D eigenvalue weighted by Crippen LogP contribution is -2.02. The molecule has 17 heavy (non-hydrogen) atoms. The SMILES string of the molecule is Cc1cccc(-n2nc(C(C)C)cc2N)c1.Cl. The first-order valence-corrected chi connectivity index (χ1v) is 5.50. The Bertz CT molecular complexity index is 503. The third kappa shape index (κ3) is 2.80. The molecule has 0 fully saturated rings. The highest BCUT2D eigenvalue weighted by atomic mass is 35.5. The normalized spacial score (nSPS) is 10.4. The molecule has 0 bridgehead atoms. The van der Waals surface area contributed by atoms with Crippen molar-refractivity contribution in [3.63, 3.8) is 0 Å². The van der Waals surface area contributed by atoms with E-state index in [-0.39, 0.29) is 12.4 Å². The zero-order chi connectivity index (χ0) is 11.7. The molecule has 4 heteroatoms. The van der Waals surface area contributed by atoms with E-state index < -0.39 is 0 Å². The van der Waals surface area contributed by atoms with Crippen molar-refractivity contribution in [1.29, 1.82) is 0 Å². The van der Waals surface area contributed by atoms with Crippen LogP contribution in [0.15, 0.2) is 30.3 Å². The molecule has 2 N–H and O–H groups in total. The van der Waals surface area contributed by atoms with Crippen LogP contribution in [0.25, 0.3) is 5.69 Å². The van der Waals surface area contributed by atoms with Gasteiger partial charge in [-0.3, -0.25) is 0 Å². The predicted molar refractivity (Wildman–Crippen MR) is 74.1 cm³/mol. The third-order valence-electron chi connectivity index (χ3n) is 2.59. The highest BCUT2D eigenvalue weighted by Gasteiger charge is 2.09. The molecular weight excluding hydrogens is 234 g/mol. The molecule has 0 aliphatic rings. The van der Waals surface area contributed by atoms with Gasteiger partial charge in [0.05, 0.1) is 11.4 Å². The molecule has 1 aromatic carbocycles. The summed E-state index contributed by atoms with van der Waals surface area (Å²) in [5.74, 6) is 1.09. The first-order chi connectivity index (χ1) is 7.58. The van der Waals surface area contributed by atoms with E-state index >= 15 is 0 Å². The standard InChI is InChI=1S/C13H17N3.ClH/c1-9(2)12-8-13(14)16(15-12)11-6-4-5-10(3)7-11;/h4-9H,14H2,1-3H3;1H. The summed E-state index contributed by atoms with van der Waals surface area (Å²) in [5, 5.41) is 4.51. The van der Waals surface area contributed by atoms with Crippen LogP contribution in [0.1, 0.15) is 31.0 Å². The van der Waals surface area contributed by atoms with E-state index in [4.69, 9.17) is 5.73 Å². The van der Waals surface area contributed by atoms with Crippen LogP contribution in [0.3, 0.4) is 0 Å². The van der Waals surface area contributed by atoms with E-state index in [0.717, 1.165) is 11.4 Å². The average molecular weight is 252 g/mol. The van der Waals surface area contributed by atoms with Crippen molar-refractivity contribution in [3.05, 3.63) is 41.6 Å². The minimum absolute atomic E-state index is 0. The number of aryl methyl sites for hydroxylation is 1. The topological polar surface area (TPSA) is 43.8 Å². The van der Waals surface area contributed by atoms with E-state index in [1.807, 2.05) is 18.2 Å². The number of hydrogen-bond acceptors (Lipinski definition) is 2. The second kappa shape index (κ2) is 5.23. The number of hydrogen-bond donors (Lipinski definition) is 1. The largest absolute Gasteiger partial charge is 0.384 e. The molecule has 0 atom stereocenters. The lowest BCUT2D eigenvalue weighted by Gasteiger charge is -2.04. The van der Waals surface area contributed by atoms with E-state index in [1.54, 1.807) is 4.68 Å². The summed E-state index contributed by atoms with van der Waals surface area (Å²) in [4.78, 5) is 0. The smallest absolute Gasteiger partial charge is 0.127 e. The van der Waals surface area contributed by atoms with E-state index in [1.165, 1.54) is 5.56 Å². The summed E-state index contributed by atoms with van der Waals surface area (Å²) in [7, 11) is 0. The molecule has 0 unspecified atom stereocenters. The monoisotopic (exact) mass is 251 g/mol. The van der Waals surface area contributed by atoms with Crippen molar-refractivity contribution in [2.75, 3.05) is 5.73 Å². The van der Waals surface area contributed by atoms with Gasteiger partial charge in [-0.1, -0.05) is 26.0 Å². The van der Waals surface area contributed by atoms with Crippen molar-refractivity contribution < 1.29 is 0 Å². The Morgan fingerprint density at radius 1 is 1.24 bits per heavy atom. The van der Waals surface area contributed by atoms with Gasteiger partial charge >= 0.3 is 0 Å². The van der Waals surface area contributed by atoms with Crippen LogP contribution in [-0.2, 0) is 0 Å². The van der Waals surface area contributed by atoms with Crippen molar-refractivity contribution in [2.45, 2.75) is 26.7 Å². The Hall–Kier alpha value is -1.48. The Morgan fingerprint density at radius 2 is 1.94 bits per heavy atom. The van der Waals surface area contributed by atoms with Gasteiger partial charge in [0, 0.05) is 6.07 Å². The molecule has 2 aromatic rings. The molecule has 0 spiro atoms. The first-order valence-electron chi connectivity index (χ1n) is 5.50. The van der Waals surface area contributed by atoms with Crippen molar-refractivity contribution in [1.82, 2.24) is 9.78 Å². The molecule has 92 valence electrons. The Morgan fingerprint density at radius 3 is 2.47 bits per heavy atom. The van der Waals surface area contributed by atoms with Gasteiger partial charge in [0.1, 0.15) is 5.82 Å². The summed E-state index contributed by atoms with van der Waals surface area (Å²) in [6, 6.07) is 10.1. The number of anilines is 1. The average Bonchev–Trinajstić information content (AvgIpc) is 2.60. The zero-order valence-corrected chi connectivity index (χ0v) is 11.2. The highest BCUT2D eigenvalue weighted by Crippen LogP contribution is 2.20. The number of benzene rings is 1. The van der Waals surface area contributed by atoms with E-state index in [0.29, 0.717) is 11.7 Å². The minimum Gasteiger partial charge on any atom is -0.384 e. The molecular formula is C13H18ClN3. The van der Waals surface area contributed by atoms with Crippen LogP contribution in [0.4, 0.5) is 5.82 Å². The van der Waals surface area contributed by atoms with Gasteiger partial charge in [-0.05, 0) is 30.5 Å². The summed E-state index contributed by atoms with van der Waals surface area (Å²) < 4.78 is 1.79. The summed E-state index contributed by atoms with van der Waals surface area (Å²) in [6.45, 7) is 6.29. The lowest BCUT2D eigenvalue weighted by atomic mass is 10.1. The van der Waals surface area contributed by atoms with Crippen LogP contribution in [0.2, 0.25) is 0 Å².